The van der Waals surface area contributed by atoms with E-state index in [0.717, 1.165) is 22.4 Å². The first kappa shape index (κ1) is 21.7. The number of Topliss-reactive ketones (excluding diaryl/α,β-unsaturated/α-hetero) is 1. The van der Waals surface area contributed by atoms with Gasteiger partial charge in [0, 0.05) is 17.8 Å². The highest BCUT2D eigenvalue weighted by Gasteiger charge is 2.23. The molecule has 6 nitrogen and oxygen atoms in total. The van der Waals surface area contributed by atoms with Crippen molar-refractivity contribution in [3.05, 3.63) is 51.3 Å². The zero-order chi connectivity index (χ0) is 21.0. The maximum absolute atomic E-state index is 12.9. The number of aryl methyl sites for hydroxylation is 3. The molecule has 0 bridgehead atoms. The van der Waals surface area contributed by atoms with Crippen LogP contribution in [0.5, 0.6) is 5.75 Å². The Kier molecular flexibility index (Phi) is 7.02. The van der Waals surface area contributed by atoms with E-state index in [1.807, 2.05) is 25.8 Å². The van der Waals surface area contributed by atoms with Crippen LogP contribution in [-0.2, 0) is 11.3 Å². The van der Waals surface area contributed by atoms with Gasteiger partial charge in [0.15, 0.2) is 5.78 Å². The van der Waals surface area contributed by atoms with Crippen molar-refractivity contribution in [3.63, 3.8) is 0 Å². The summed E-state index contributed by atoms with van der Waals surface area (Å²) in [5.74, 6) is 0.443. The number of aromatic amines is 1. The molecule has 0 atom stereocenters. The number of carbonyl (C=O) groups is 2. The van der Waals surface area contributed by atoms with Gasteiger partial charge in [0.05, 0.1) is 20.3 Å². The second-order valence-electron chi connectivity index (χ2n) is 7.20. The Hall–Kier alpha value is -2.60. The molecule has 1 N–H and O–H groups in total. The van der Waals surface area contributed by atoms with E-state index in [1.165, 1.54) is 0 Å². The van der Waals surface area contributed by atoms with Crippen LogP contribution in [0, 0.1) is 27.7 Å². The molecule has 1 heterocycles. The van der Waals surface area contributed by atoms with Crippen molar-refractivity contribution in [1.29, 1.82) is 0 Å². The number of rotatable bonds is 8. The molecule has 6 heteroatoms. The van der Waals surface area contributed by atoms with Crippen LogP contribution in [0.4, 0.5) is 0 Å². The molecule has 0 amide bonds. The third kappa shape index (κ3) is 4.62. The normalized spacial score (nSPS) is 11.0. The molecular weight excluding hydrogens is 356 g/mol. The van der Waals surface area contributed by atoms with Crippen LogP contribution in [0.25, 0.3) is 0 Å². The first-order valence-electron chi connectivity index (χ1n) is 9.41. The number of methoxy groups -OCH3 is 1. The number of carbonyl (C=O) groups excluding carboxylic acids is 2. The predicted molar refractivity (Wildman–Crippen MR) is 109 cm³/mol. The van der Waals surface area contributed by atoms with Gasteiger partial charge in [0.1, 0.15) is 11.4 Å². The summed E-state index contributed by atoms with van der Waals surface area (Å²) in [6.45, 7) is 10.6. The van der Waals surface area contributed by atoms with E-state index in [1.54, 1.807) is 27.9 Å². The number of ether oxygens (including phenoxy) is 2. The Morgan fingerprint density at radius 2 is 1.71 bits per heavy atom. The Bertz CT molecular complexity index is 860. The van der Waals surface area contributed by atoms with Gasteiger partial charge in [-0.1, -0.05) is 12.1 Å². The molecule has 2 aromatic rings. The third-order valence-corrected chi connectivity index (χ3v) is 4.79. The Morgan fingerprint density at radius 1 is 1.11 bits per heavy atom. The van der Waals surface area contributed by atoms with Gasteiger partial charge in [-0.25, -0.2) is 4.79 Å². The van der Waals surface area contributed by atoms with Crippen LogP contribution < -0.4 is 4.74 Å². The fourth-order valence-corrected chi connectivity index (χ4v) is 3.72. The number of likely N-dealkylation sites (N-methyl/N-ethyl adjacent to an activating group) is 1. The lowest BCUT2D eigenvalue weighted by molar-refractivity contribution is 0.0519. The molecule has 0 saturated carbocycles. The number of nitrogens with zero attached hydrogens (tertiary/aromatic N) is 1. The van der Waals surface area contributed by atoms with Crippen LogP contribution in [0.1, 0.15) is 55.7 Å². The SMILES string of the molecule is CCOC(=O)c1[nH]c(C)c(C(=O)CN(C)Cc2cc(C)c(OC)c(C)c2)c1C. The van der Waals surface area contributed by atoms with Crippen LogP contribution in [0.3, 0.4) is 0 Å². The quantitative estimate of drug-likeness (QED) is 0.553. The Labute approximate surface area is 166 Å². The molecule has 1 aromatic heterocycles. The molecule has 0 unspecified atom stereocenters. The molecule has 0 aliphatic carbocycles. The maximum atomic E-state index is 12.9. The molecule has 152 valence electrons. The molecule has 0 radical (unpaired) electrons. The minimum Gasteiger partial charge on any atom is -0.496 e. The zero-order valence-electron chi connectivity index (χ0n) is 17.9. The first-order valence-corrected chi connectivity index (χ1v) is 9.41. The molecule has 0 spiro atoms. The third-order valence-electron chi connectivity index (χ3n) is 4.79. The summed E-state index contributed by atoms with van der Waals surface area (Å²) in [6, 6.07) is 4.16. The van der Waals surface area contributed by atoms with E-state index in [0.29, 0.717) is 35.7 Å². The van der Waals surface area contributed by atoms with Crippen LogP contribution >= 0.6 is 0 Å². The van der Waals surface area contributed by atoms with Crippen molar-refractivity contribution < 1.29 is 19.1 Å². The number of H-pyrrole nitrogens is 1. The standard InChI is InChI=1S/C22H30N2O4/c1-8-28-22(26)20-15(4)19(16(5)23-20)18(25)12-24(6)11-17-9-13(2)21(27-7)14(3)10-17/h9-10,23H,8,11-12H2,1-7H3. The Morgan fingerprint density at radius 3 is 2.25 bits per heavy atom. The van der Waals surface area contributed by atoms with Crippen LogP contribution in [0.2, 0.25) is 0 Å². The largest absolute Gasteiger partial charge is 0.496 e. The number of hydrogen-bond acceptors (Lipinski definition) is 5. The monoisotopic (exact) mass is 386 g/mol. The first-order chi connectivity index (χ1) is 13.2. The van der Waals surface area contributed by atoms with Gasteiger partial charge in [-0.3, -0.25) is 9.69 Å². The van der Waals surface area contributed by atoms with Crippen molar-refractivity contribution in [3.8, 4) is 5.75 Å². The van der Waals surface area contributed by atoms with E-state index in [2.05, 4.69) is 17.1 Å². The number of aromatic nitrogens is 1. The van der Waals surface area contributed by atoms with Crippen molar-refractivity contribution in [2.24, 2.45) is 0 Å². The molecule has 0 aliphatic rings. The van der Waals surface area contributed by atoms with Crippen LogP contribution in [0.15, 0.2) is 12.1 Å². The van der Waals surface area contributed by atoms with Gasteiger partial charge in [0.25, 0.3) is 0 Å². The topological polar surface area (TPSA) is 71.6 Å². The summed E-state index contributed by atoms with van der Waals surface area (Å²) < 4.78 is 10.5. The highest BCUT2D eigenvalue weighted by molar-refractivity contribution is 6.03. The molecule has 0 saturated heterocycles. The van der Waals surface area contributed by atoms with Crippen molar-refractivity contribution in [1.82, 2.24) is 9.88 Å². The summed E-state index contributed by atoms with van der Waals surface area (Å²) in [7, 11) is 3.59. The fourth-order valence-electron chi connectivity index (χ4n) is 3.72. The predicted octanol–water partition coefficient (Wildman–Crippen LogP) is 3.75. The average Bonchev–Trinajstić information content (AvgIpc) is 2.89. The van der Waals surface area contributed by atoms with E-state index in [-0.39, 0.29) is 12.3 Å². The highest BCUT2D eigenvalue weighted by atomic mass is 16.5. The number of ketones is 1. The van der Waals surface area contributed by atoms with Gasteiger partial charge in [-0.05, 0) is 63.9 Å². The average molecular weight is 386 g/mol. The fraction of sp³-hybridized carbons (Fsp3) is 0.455. The number of benzene rings is 1. The van der Waals surface area contributed by atoms with Gasteiger partial charge in [-0.15, -0.1) is 0 Å². The molecular formula is C22H30N2O4. The summed E-state index contributed by atoms with van der Waals surface area (Å²) >= 11 is 0. The van der Waals surface area contributed by atoms with Gasteiger partial charge in [-0.2, -0.15) is 0 Å². The smallest absolute Gasteiger partial charge is 0.355 e. The van der Waals surface area contributed by atoms with Gasteiger partial charge >= 0.3 is 5.97 Å². The van der Waals surface area contributed by atoms with Gasteiger partial charge in [0.2, 0.25) is 0 Å². The van der Waals surface area contributed by atoms with Crippen molar-refractivity contribution >= 4 is 11.8 Å². The lowest BCUT2D eigenvalue weighted by Gasteiger charge is -2.18. The lowest BCUT2D eigenvalue weighted by atomic mass is 10.0. The molecule has 28 heavy (non-hydrogen) atoms. The molecule has 0 fully saturated rings. The summed E-state index contributed by atoms with van der Waals surface area (Å²) in [5, 5.41) is 0. The van der Waals surface area contributed by atoms with E-state index >= 15 is 0 Å². The molecule has 0 aliphatic heterocycles. The summed E-state index contributed by atoms with van der Waals surface area (Å²) in [6.07, 6.45) is 0. The molecule has 1 aromatic carbocycles. The van der Waals surface area contributed by atoms with Crippen molar-refractivity contribution in [2.75, 3.05) is 27.3 Å². The number of hydrogen-bond donors (Lipinski definition) is 1. The second kappa shape index (κ2) is 9.06. The van der Waals surface area contributed by atoms with Crippen LogP contribution in [-0.4, -0.2) is 48.9 Å². The zero-order valence-corrected chi connectivity index (χ0v) is 17.9. The summed E-state index contributed by atoms with van der Waals surface area (Å²) in [5.41, 5.74) is 5.53. The Balaban J connectivity index is 2.14. The number of esters is 1. The van der Waals surface area contributed by atoms with E-state index in [4.69, 9.17) is 9.47 Å². The molecule has 2 rings (SSSR count). The number of nitrogens with one attached hydrogen (secondary N) is 1. The minimum absolute atomic E-state index is 0.0220. The second-order valence-corrected chi connectivity index (χ2v) is 7.20. The summed E-state index contributed by atoms with van der Waals surface area (Å²) in [4.78, 5) is 29.9. The van der Waals surface area contributed by atoms with Gasteiger partial charge < -0.3 is 14.5 Å². The minimum atomic E-state index is -0.431. The maximum Gasteiger partial charge on any atom is 0.355 e. The van der Waals surface area contributed by atoms with Crippen molar-refractivity contribution in [2.45, 2.75) is 41.2 Å². The highest BCUT2D eigenvalue weighted by Crippen LogP contribution is 2.25. The lowest BCUT2D eigenvalue weighted by Crippen LogP contribution is -2.26. The van der Waals surface area contributed by atoms with E-state index in [9.17, 15) is 9.59 Å². The van der Waals surface area contributed by atoms with E-state index < -0.39 is 5.97 Å².